The Morgan fingerprint density at radius 1 is 1.12 bits per heavy atom. The number of rotatable bonds is 9. The first kappa shape index (κ1) is 19.7. The zero-order chi connectivity index (χ0) is 19.2. The minimum atomic E-state index is -3.55. The van der Waals surface area contributed by atoms with Crippen LogP contribution in [0.25, 0.3) is 0 Å². The SMILES string of the molecule is CCCCCNS(=O)(=O)c1ccc(Oc2ccc(N)c(C(=O)O)c2)cc1. The maximum atomic E-state index is 12.2. The van der Waals surface area contributed by atoms with Crippen LogP contribution < -0.4 is 15.2 Å². The summed E-state index contributed by atoms with van der Waals surface area (Å²) in [6, 6.07) is 10.2. The van der Waals surface area contributed by atoms with Gasteiger partial charge >= 0.3 is 5.97 Å². The van der Waals surface area contributed by atoms with Crippen LogP contribution in [-0.4, -0.2) is 26.0 Å². The molecule has 0 saturated heterocycles. The minimum absolute atomic E-state index is 0.0574. The molecule has 0 saturated carbocycles. The zero-order valence-corrected chi connectivity index (χ0v) is 15.3. The molecule has 0 spiro atoms. The summed E-state index contributed by atoms with van der Waals surface area (Å²) in [6.45, 7) is 2.45. The van der Waals surface area contributed by atoms with Gasteiger partial charge in [-0.25, -0.2) is 17.9 Å². The van der Waals surface area contributed by atoms with Gasteiger partial charge in [0.1, 0.15) is 11.5 Å². The fourth-order valence-electron chi connectivity index (χ4n) is 2.27. The van der Waals surface area contributed by atoms with Crippen molar-refractivity contribution in [3.8, 4) is 11.5 Å². The number of nitrogens with two attached hydrogens (primary N) is 1. The first-order chi connectivity index (χ1) is 12.3. The second-order valence-electron chi connectivity index (χ2n) is 5.73. The molecule has 7 nitrogen and oxygen atoms in total. The van der Waals surface area contributed by atoms with E-state index < -0.39 is 16.0 Å². The summed E-state index contributed by atoms with van der Waals surface area (Å²) < 4.78 is 32.5. The van der Waals surface area contributed by atoms with E-state index in [9.17, 15) is 13.2 Å². The lowest BCUT2D eigenvalue weighted by molar-refractivity contribution is 0.0697. The Balaban J connectivity index is 2.08. The smallest absolute Gasteiger partial charge is 0.337 e. The van der Waals surface area contributed by atoms with Crippen molar-refractivity contribution < 1.29 is 23.1 Å². The molecule has 0 heterocycles. The van der Waals surface area contributed by atoms with Crippen molar-refractivity contribution in [3.05, 3.63) is 48.0 Å². The van der Waals surface area contributed by atoms with E-state index in [4.69, 9.17) is 15.6 Å². The van der Waals surface area contributed by atoms with Crippen molar-refractivity contribution >= 4 is 21.7 Å². The van der Waals surface area contributed by atoms with E-state index in [0.717, 1.165) is 19.3 Å². The minimum Gasteiger partial charge on any atom is -0.478 e. The second-order valence-corrected chi connectivity index (χ2v) is 7.50. The van der Waals surface area contributed by atoms with Gasteiger partial charge in [-0.2, -0.15) is 0 Å². The number of ether oxygens (including phenoxy) is 1. The van der Waals surface area contributed by atoms with Gasteiger partial charge in [0.2, 0.25) is 10.0 Å². The van der Waals surface area contributed by atoms with Crippen LogP contribution in [0.3, 0.4) is 0 Å². The molecule has 2 aromatic rings. The van der Waals surface area contributed by atoms with Crippen LogP contribution in [0.4, 0.5) is 5.69 Å². The lowest BCUT2D eigenvalue weighted by Gasteiger charge is -2.10. The van der Waals surface area contributed by atoms with Crippen molar-refractivity contribution in [2.75, 3.05) is 12.3 Å². The van der Waals surface area contributed by atoms with Gasteiger partial charge in [-0.1, -0.05) is 19.8 Å². The van der Waals surface area contributed by atoms with E-state index in [2.05, 4.69) is 4.72 Å². The number of hydrogen-bond donors (Lipinski definition) is 3. The third-order valence-corrected chi connectivity index (χ3v) is 5.17. The van der Waals surface area contributed by atoms with Crippen molar-refractivity contribution in [3.63, 3.8) is 0 Å². The molecule has 0 radical (unpaired) electrons. The fourth-order valence-corrected chi connectivity index (χ4v) is 3.35. The highest BCUT2D eigenvalue weighted by Gasteiger charge is 2.14. The first-order valence-electron chi connectivity index (χ1n) is 8.24. The topological polar surface area (TPSA) is 119 Å². The van der Waals surface area contributed by atoms with E-state index >= 15 is 0 Å². The molecule has 0 aliphatic carbocycles. The Labute approximate surface area is 152 Å². The molecule has 0 atom stereocenters. The van der Waals surface area contributed by atoms with Crippen molar-refractivity contribution in [2.45, 2.75) is 31.1 Å². The van der Waals surface area contributed by atoms with Crippen LogP contribution in [0.5, 0.6) is 11.5 Å². The maximum absolute atomic E-state index is 12.2. The molecular weight excluding hydrogens is 356 g/mol. The Morgan fingerprint density at radius 2 is 1.77 bits per heavy atom. The zero-order valence-electron chi connectivity index (χ0n) is 14.4. The predicted octanol–water partition coefficient (Wildman–Crippen LogP) is 3.23. The highest BCUT2D eigenvalue weighted by molar-refractivity contribution is 7.89. The van der Waals surface area contributed by atoms with E-state index in [1.807, 2.05) is 6.92 Å². The van der Waals surface area contributed by atoms with E-state index in [1.54, 1.807) is 6.07 Å². The summed E-state index contributed by atoms with van der Waals surface area (Å²) in [7, 11) is -3.55. The third-order valence-electron chi connectivity index (χ3n) is 3.70. The quantitative estimate of drug-likeness (QED) is 0.455. The predicted molar refractivity (Wildman–Crippen MR) is 99.0 cm³/mol. The van der Waals surface area contributed by atoms with Gasteiger partial charge in [-0.3, -0.25) is 0 Å². The Morgan fingerprint density at radius 3 is 2.38 bits per heavy atom. The van der Waals surface area contributed by atoms with Gasteiger partial charge in [0.05, 0.1) is 10.5 Å². The molecule has 0 aliphatic rings. The number of benzene rings is 2. The van der Waals surface area contributed by atoms with Crippen molar-refractivity contribution in [1.82, 2.24) is 4.72 Å². The van der Waals surface area contributed by atoms with Gasteiger partial charge < -0.3 is 15.6 Å². The fraction of sp³-hybridized carbons (Fsp3) is 0.278. The van der Waals surface area contributed by atoms with Gasteiger partial charge in [0.15, 0.2) is 0 Å². The van der Waals surface area contributed by atoms with Crippen LogP contribution in [0.1, 0.15) is 36.5 Å². The second kappa shape index (κ2) is 8.68. The molecule has 0 aromatic heterocycles. The molecule has 0 bridgehead atoms. The van der Waals surface area contributed by atoms with Gasteiger partial charge in [0, 0.05) is 12.2 Å². The number of carbonyl (C=O) groups is 1. The normalized spacial score (nSPS) is 11.3. The maximum Gasteiger partial charge on any atom is 0.337 e. The number of carboxylic acids is 1. The van der Waals surface area contributed by atoms with Crippen LogP contribution in [-0.2, 0) is 10.0 Å². The molecular formula is C18H22N2O5S. The lowest BCUT2D eigenvalue weighted by Crippen LogP contribution is -2.24. The average molecular weight is 378 g/mol. The van der Waals surface area contributed by atoms with E-state index in [-0.39, 0.29) is 16.1 Å². The molecule has 26 heavy (non-hydrogen) atoms. The first-order valence-corrected chi connectivity index (χ1v) is 9.72. The number of sulfonamides is 1. The molecule has 2 aromatic carbocycles. The highest BCUT2D eigenvalue weighted by Crippen LogP contribution is 2.26. The molecule has 140 valence electrons. The number of nitrogens with one attached hydrogen (secondary N) is 1. The van der Waals surface area contributed by atoms with Crippen molar-refractivity contribution in [2.24, 2.45) is 0 Å². The standard InChI is InChI=1S/C18H22N2O5S/c1-2-3-4-11-20-26(23,24)15-8-5-13(6-9-15)25-14-7-10-17(19)16(12-14)18(21)22/h5-10,12,20H,2-4,11,19H2,1H3,(H,21,22). The molecule has 8 heteroatoms. The van der Waals surface area contributed by atoms with Gasteiger partial charge in [-0.15, -0.1) is 0 Å². The Bertz CT molecular complexity index is 864. The molecule has 0 unspecified atom stereocenters. The Kier molecular flexibility index (Phi) is 6.59. The van der Waals surface area contributed by atoms with Gasteiger partial charge in [0.25, 0.3) is 0 Å². The molecule has 0 amide bonds. The summed E-state index contributed by atoms with van der Waals surface area (Å²) in [5.41, 5.74) is 5.68. The number of nitrogen functional groups attached to an aromatic ring is 1. The summed E-state index contributed by atoms with van der Waals surface area (Å²) in [5, 5.41) is 9.08. The van der Waals surface area contributed by atoms with Crippen molar-refractivity contribution in [1.29, 1.82) is 0 Å². The lowest BCUT2D eigenvalue weighted by atomic mass is 10.2. The number of anilines is 1. The Hall–Kier alpha value is -2.58. The van der Waals surface area contributed by atoms with Crippen LogP contribution in [0, 0.1) is 0 Å². The largest absolute Gasteiger partial charge is 0.478 e. The van der Waals surface area contributed by atoms with Gasteiger partial charge in [-0.05, 0) is 48.9 Å². The number of aromatic carboxylic acids is 1. The number of carboxylic acid groups (broad SMARTS) is 1. The third kappa shape index (κ3) is 5.21. The number of unbranched alkanes of at least 4 members (excludes halogenated alkanes) is 2. The monoisotopic (exact) mass is 378 g/mol. The summed E-state index contributed by atoms with van der Waals surface area (Å²) >= 11 is 0. The molecule has 4 N–H and O–H groups in total. The summed E-state index contributed by atoms with van der Waals surface area (Å²) in [6.07, 6.45) is 2.78. The summed E-state index contributed by atoms with van der Waals surface area (Å²) in [4.78, 5) is 11.2. The highest BCUT2D eigenvalue weighted by atomic mass is 32.2. The number of hydrogen-bond acceptors (Lipinski definition) is 5. The average Bonchev–Trinajstić information content (AvgIpc) is 2.61. The van der Waals surface area contributed by atoms with Crippen LogP contribution in [0.15, 0.2) is 47.4 Å². The molecule has 2 rings (SSSR count). The van der Waals surface area contributed by atoms with Crippen LogP contribution in [0.2, 0.25) is 0 Å². The van der Waals surface area contributed by atoms with E-state index in [0.29, 0.717) is 18.0 Å². The molecule has 0 fully saturated rings. The van der Waals surface area contributed by atoms with E-state index in [1.165, 1.54) is 36.4 Å². The summed E-state index contributed by atoms with van der Waals surface area (Å²) in [5.74, 6) is -0.468. The van der Waals surface area contributed by atoms with Crippen LogP contribution >= 0.6 is 0 Å². The molecule has 0 aliphatic heterocycles.